The van der Waals surface area contributed by atoms with Crippen LogP contribution in [0.15, 0.2) is 70.8 Å². The highest BCUT2D eigenvalue weighted by atomic mass is 16.5. The lowest BCUT2D eigenvalue weighted by Crippen LogP contribution is -2.22. The van der Waals surface area contributed by atoms with Crippen molar-refractivity contribution in [3.63, 3.8) is 0 Å². The molecule has 0 saturated carbocycles. The van der Waals surface area contributed by atoms with Gasteiger partial charge in [0.15, 0.2) is 5.76 Å². The van der Waals surface area contributed by atoms with Crippen LogP contribution in [-0.4, -0.2) is 19.6 Å². The quantitative estimate of drug-likeness (QED) is 0.567. The first kappa shape index (κ1) is 17.8. The van der Waals surface area contributed by atoms with Crippen molar-refractivity contribution in [1.29, 1.82) is 5.26 Å². The monoisotopic (exact) mass is 398 g/mol. The molecule has 30 heavy (non-hydrogen) atoms. The molecule has 0 fully saturated rings. The first-order valence-electron chi connectivity index (χ1n) is 9.38. The molecule has 0 amide bonds. The molecule has 3 aromatic heterocycles. The molecule has 0 bridgehead atoms. The number of ether oxygens (including phenoxy) is 1. The number of allylic oxidation sites excluding steroid dienone is 1. The summed E-state index contributed by atoms with van der Waals surface area (Å²) in [6, 6.07) is 15.5. The zero-order valence-electron chi connectivity index (χ0n) is 16.4. The average molecular weight is 398 g/mol. The molecule has 0 saturated heterocycles. The fourth-order valence-electron chi connectivity index (χ4n) is 3.79. The number of hydrogen-bond donors (Lipinski definition) is 1. The van der Waals surface area contributed by atoms with Crippen molar-refractivity contribution in [1.82, 2.24) is 19.6 Å². The summed E-state index contributed by atoms with van der Waals surface area (Å²) in [5.41, 5.74) is 10.4. The molecule has 1 aromatic carbocycles. The van der Waals surface area contributed by atoms with E-state index in [9.17, 15) is 5.26 Å². The van der Waals surface area contributed by atoms with Crippen LogP contribution in [0, 0.1) is 18.3 Å². The molecule has 0 aliphatic carbocycles. The van der Waals surface area contributed by atoms with Crippen molar-refractivity contribution in [3.8, 4) is 29.1 Å². The molecule has 4 aromatic rings. The van der Waals surface area contributed by atoms with Crippen LogP contribution in [0.25, 0.3) is 17.1 Å². The van der Waals surface area contributed by atoms with E-state index in [0.717, 1.165) is 22.5 Å². The molecule has 0 spiro atoms. The van der Waals surface area contributed by atoms with E-state index in [1.165, 1.54) is 0 Å². The Morgan fingerprint density at radius 3 is 2.60 bits per heavy atom. The minimum atomic E-state index is -0.481. The summed E-state index contributed by atoms with van der Waals surface area (Å²) in [6.45, 7) is 1.96. The predicted molar refractivity (Wildman–Crippen MR) is 109 cm³/mol. The van der Waals surface area contributed by atoms with Gasteiger partial charge in [-0.25, -0.2) is 0 Å². The van der Waals surface area contributed by atoms with E-state index >= 15 is 0 Å². The highest BCUT2D eigenvalue weighted by Crippen LogP contribution is 2.48. The van der Waals surface area contributed by atoms with E-state index < -0.39 is 5.92 Å². The Balaban J connectivity index is 1.85. The van der Waals surface area contributed by atoms with E-state index in [4.69, 9.17) is 20.0 Å². The molecular weight excluding hydrogens is 380 g/mol. The van der Waals surface area contributed by atoms with Gasteiger partial charge >= 0.3 is 0 Å². The van der Waals surface area contributed by atoms with Crippen molar-refractivity contribution >= 4 is 0 Å². The Bertz CT molecular complexity index is 1310. The highest BCUT2D eigenvalue weighted by Gasteiger charge is 2.39. The van der Waals surface area contributed by atoms with Gasteiger partial charge < -0.3 is 14.9 Å². The van der Waals surface area contributed by atoms with Gasteiger partial charge in [-0.3, -0.25) is 4.68 Å². The van der Waals surface area contributed by atoms with E-state index in [1.807, 2.05) is 50.4 Å². The van der Waals surface area contributed by atoms with Crippen molar-refractivity contribution in [2.75, 3.05) is 0 Å². The van der Waals surface area contributed by atoms with Gasteiger partial charge in [0.1, 0.15) is 17.3 Å². The van der Waals surface area contributed by atoms with Gasteiger partial charge in [0.2, 0.25) is 11.8 Å². The van der Waals surface area contributed by atoms with Crippen LogP contribution in [0.5, 0.6) is 5.88 Å². The number of aromatic nitrogens is 4. The van der Waals surface area contributed by atoms with Crippen molar-refractivity contribution in [3.05, 3.63) is 83.2 Å². The highest BCUT2D eigenvalue weighted by molar-refractivity contribution is 5.69. The first-order chi connectivity index (χ1) is 14.6. The lowest BCUT2D eigenvalue weighted by molar-refractivity contribution is 0.367. The average Bonchev–Trinajstić information content (AvgIpc) is 3.48. The summed E-state index contributed by atoms with van der Waals surface area (Å²) in [6.07, 6.45) is 3.35. The zero-order valence-corrected chi connectivity index (χ0v) is 16.4. The molecule has 1 unspecified atom stereocenters. The lowest BCUT2D eigenvalue weighted by atomic mass is 9.84. The van der Waals surface area contributed by atoms with Crippen molar-refractivity contribution in [2.45, 2.75) is 12.8 Å². The fourth-order valence-corrected chi connectivity index (χ4v) is 3.79. The summed E-state index contributed by atoms with van der Waals surface area (Å²) >= 11 is 0. The third-order valence-corrected chi connectivity index (χ3v) is 5.39. The molecule has 4 heterocycles. The maximum Gasteiger partial charge on any atom is 0.229 e. The first-order valence-corrected chi connectivity index (χ1v) is 9.38. The number of nitriles is 1. The maximum atomic E-state index is 9.92. The maximum absolute atomic E-state index is 9.92. The Kier molecular flexibility index (Phi) is 3.96. The van der Waals surface area contributed by atoms with Gasteiger partial charge in [0, 0.05) is 18.3 Å². The Morgan fingerprint density at radius 1 is 1.17 bits per heavy atom. The lowest BCUT2D eigenvalue weighted by Gasteiger charge is -2.24. The molecule has 8 heteroatoms. The van der Waals surface area contributed by atoms with Crippen LogP contribution in [-0.2, 0) is 7.05 Å². The van der Waals surface area contributed by atoms with E-state index in [2.05, 4.69) is 11.2 Å². The molecule has 2 N–H and O–H groups in total. The number of hydrogen-bond acceptors (Lipinski definition) is 6. The predicted octanol–water partition coefficient (Wildman–Crippen LogP) is 3.39. The second kappa shape index (κ2) is 6.67. The van der Waals surface area contributed by atoms with E-state index in [0.29, 0.717) is 22.9 Å². The number of nitrogens with two attached hydrogens (primary N) is 1. The number of rotatable bonds is 3. The van der Waals surface area contributed by atoms with Gasteiger partial charge in [-0.05, 0) is 31.2 Å². The molecule has 0 radical (unpaired) electrons. The number of furan rings is 1. The third kappa shape index (κ3) is 2.53. The number of benzene rings is 1. The number of nitrogens with zero attached hydrogens (tertiary/aromatic N) is 5. The van der Waals surface area contributed by atoms with Crippen LogP contribution in [0.3, 0.4) is 0 Å². The Morgan fingerprint density at radius 2 is 1.97 bits per heavy atom. The second-order valence-corrected chi connectivity index (χ2v) is 7.03. The Labute approximate surface area is 172 Å². The van der Waals surface area contributed by atoms with Gasteiger partial charge in [0.25, 0.3) is 0 Å². The largest absolute Gasteiger partial charge is 0.463 e. The van der Waals surface area contributed by atoms with Gasteiger partial charge in [0.05, 0.1) is 29.6 Å². The molecule has 5 rings (SSSR count). The van der Waals surface area contributed by atoms with Crippen LogP contribution >= 0.6 is 0 Å². The van der Waals surface area contributed by atoms with Crippen LogP contribution in [0.4, 0.5) is 0 Å². The Hall–Kier alpha value is -4.25. The summed E-state index contributed by atoms with van der Waals surface area (Å²) in [5, 5.41) is 19.1. The normalized spacial score (nSPS) is 15.6. The molecule has 1 atom stereocenters. The van der Waals surface area contributed by atoms with Gasteiger partial charge in [-0.1, -0.05) is 18.2 Å². The summed E-state index contributed by atoms with van der Waals surface area (Å²) in [5.74, 6) is 0.609. The van der Waals surface area contributed by atoms with Gasteiger partial charge in [-0.15, -0.1) is 0 Å². The van der Waals surface area contributed by atoms with Crippen molar-refractivity contribution in [2.24, 2.45) is 12.8 Å². The van der Waals surface area contributed by atoms with E-state index in [1.54, 1.807) is 27.9 Å². The summed E-state index contributed by atoms with van der Waals surface area (Å²) < 4.78 is 15.1. The fraction of sp³-hybridized carbons (Fsp3) is 0.136. The number of para-hydroxylation sites is 1. The number of fused-ring (bicyclic) bond motifs is 1. The minimum Gasteiger partial charge on any atom is -0.463 e. The minimum absolute atomic E-state index is 0.0568. The van der Waals surface area contributed by atoms with Crippen LogP contribution in [0.1, 0.15) is 22.7 Å². The van der Waals surface area contributed by atoms with Gasteiger partial charge in [-0.2, -0.15) is 20.1 Å². The zero-order chi connectivity index (χ0) is 20.8. The molecule has 148 valence electrons. The van der Waals surface area contributed by atoms with Crippen molar-refractivity contribution < 1.29 is 9.15 Å². The van der Waals surface area contributed by atoms with Crippen LogP contribution < -0.4 is 10.5 Å². The second-order valence-electron chi connectivity index (χ2n) is 7.03. The molecule has 8 nitrogen and oxygen atoms in total. The topological polar surface area (TPSA) is 108 Å². The SMILES string of the molecule is Cc1c(C2C(C#N)=C(N)Oc3c2c(-c2ccco2)nn3-c2ccccc2)cnn1C. The smallest absolute Gasteiger partial charge is 0.229 e. The summed E-state index contributed by atoms with van der Waals surface area (Å²) in [4.78, 5) is 0. The summed E-state index contributed by atoms with van der Waals surface area (Å²) in [7, 11) is 1.86. The molecular formula is C22H18N6O2. The molecule has 1 aliphatic heterocycles. The molecule has 1 aliphatic rings. The standard InChI is InChI=1S/C22H18N6O2/c1-13-16(12-25-27(13)2)18-15(11-23)21(24)30-22-19(18)20(17-9-6-10-29-17)26-28(22)14-7-4-3-5-8-14/h3-10,12,18H,24H2,1-2H3. The van der Waals surface area contributed by atoms with Crippen LogP contribution in [0.2, 0.25) is 0 Å². The third-order valence-electron chi connectivity index (χ3n) is 5.39. The number of aryl methyl sites for hydroxylation is 1. The van der Waals surface area contributed by atoms with E-state index in [-0.39, 0.29) is 5.88 Å².